The molecule has 0 spiro atoms. The van der Waals surface area contributed by atoms with E-state index in [-0.39, 0.29) is 41.4 Å². The van der Waals surface area contributed by atoms with Crippen molar-refractivity contribution in [1.82, 2.24) is 4.31 Å². The lowest BCUT2D eigenvalue weighted by Gasteiger charge is -2.34. The molecule has 0 aliphatic carbocycles. The fourth-order valence-electron chi connectivity index (χ4n) is 3.25. The third-order valence-corrected chi connectivity index (χ3v) is 6.46. The summed E-state index contributed by atoms with van der Waals surface area (Å²) < 4.78 is 64.2. The number of sulfonamides is 1. The van der Waals surface area contributed by atoms with Crippen LogP contribution in [-0.4, -0.2) is 56.5 Å². The number of hydrogen-bond acceptors (Lipinski definition) is 6. The van der Waals surface area contributed by atoms with E-state index < -0.39 is 40.1 Å². The van der Waals surface area contributed by atoms with Crippen molar-refractivity contribution in [1.29, 1.82) is 0 Å². The highest BCUT2D eigenvalue weighted by Crippen LogP contribution is 2.22. The standard InChI is InChI=1S/C21H22F2N2O6S/c1-13-10-25(11-14(2)31-13)32(28,29)17-5-3-4-15(8-17)21(27)30-12-20(26)24-19-7-6-16(22)9-18(19)23/h3-9,13-14H,10-12H2,1-2H3,(H,24,26). The number of nitrogens with zero attached hydrogens (tertiary/aromatic N) is 1. The molecule has 172 valence electrons. The van der Waals surface area contributed by atoms with Crippen LogP contribution in [0.25, 0.3) is 0 Å². The largest absolute Gasteiger partial charge is 0.452 e. The Morgan fingerprint density at radius 2 is 1.81 bits per heavy atom. The van der Waals surface area contributed by atoms with Gasteiger partial charge in [-0.25, -0.2) is 22.0 Å². The van der Waals surface area contributed by atoms with Crippen LogP contribution in [0, 0.1) is 11.6 Å². The minimum atomic E-state index is -3.87. The van der Waals surface area contributed by atoms with Crippen LogP contribution in [0.4, 0.5) is 14.5 Å². The molecule has 3 rings (SSSR count). The Bertz CT molecular complexity index is 1120. The van der Waals surface area contributed by atoms with Crippen LogP contribution in [-0.2, 0) is 24.3 Å². The SMILES string of the molecule is CC1CN(S(=O)(=O)c2cccc(C(=O)OCC(=O)Nc3ccc(F)cc3F)c2)CC(C)O1. The molecule has 0 bridgehead atoms. The zero-order chi connectivity index (χ0) is 23.5. The molecule has 1 amide bonds. The van der Waals surface area contributed by atoms with Crippen LogP contribution >= 0.6 is 0 Å². The van der Waals surface area contributed by atoms with Crippen molar-refractivity contribution in [2.24, 2.45) is 0 Å². The van der Waals surface area contributed by atoms with Gasteiger partial charge in [0.25, 0.3) is 5.91 Å². The molecule has 8 nitrogen and oxygen atoms in total. The van der Waals surface area contributed by atoms with Crippen molar-refractivity contribution in [3.05, 3.63) is 59.7 Å². The monoisotopic (exact) mass is 468 g/mol. The van der Waals surface area contributed by atoms with Gasteiger partial charge in [0.1, 0.15) is 11.6 Å². The maximum atomic E-state index is 13.6. The highest BCUT2D eigenvalue weighted by Gasteiger charge is 2.32. The van der Waals surface area contributed by atoms with E-state index in [1.807, 2.05) is 0 Å². The summed E-state index contributed by atoms with van der Waals surface area (Å²) in [6.45, 7) is 3.16. The maximum absolute atomic E-state index is 13.6. The van der Waals surface area contributed by atoms with Crippen LogP contribution in [0.15, 0.2) is 47.4 Å². The molecule has 1 aliphatic rings. The molecule has 1 saturated heterocycles. The summed E-state index contributed by atoms with van der Waals surface area (Å²) in [5.74, 6) is -3.55. The molecule has 2 atom stereocenters. The third-order valence-electron chi connectivity index (χ3n) is 4.63. The summed E-state index contributed by atoms with van der Waals surface area (Å²) in [5, 5.41) is 2.16. The molecule has 0 radical (unpaired) electrons. The molecule has 32 heavy (non-hydrogen) atoms. The lowest BCUT2D eigenvalue weighted by atomic mass is 10.2. The molecule has 1 aliphatic heterocycles. The molecular weight excluding hydrogens is 446 g/mol. The highest BCUT2D eigenvalue weighted by molar-refractivity contribution is 7.89. The number of halogens is 2. The van der Waals surface area contributed by atoms with E-state index in [1.54, 1.807) is 13.8 Å². The normalized spacial score (nSPS) is 19.4. The Kier molecular flexibility index (Phi) is 7.22. The average molecular weight is 468 g/mol. The molecular formula is C21H22F2N2O6S. The molecule has 0 aromatic heterocycles. The quantitative estimate of drug-likeness (QED) is 0.654. The first kappa shape index (κ1) is 23.8. The number of benzene rings is 2. The first-order chi connectivity index (χ1) is 15.1. The van der Waals surface area contributed by atoms with Crippen molar-refractivity contribution in [2.45, 2.75) is 31.0 Å². The minimum Gasteiger partial charge on any atom is -0.452 e. The van der Waals surface area contributed by atoms with Gasteiger partial charge in [0, 0.05) is 19.2 Å². The summed E-state index contributed by atoms with van der Waals surface area (Å²) in [4.78, 5) is 24.1. The lowest BCUT2D eigenvalue weighted by molar-refractivity contribution is -0.119. The fourth-order valence-corrected chi connectivity index (χ4v) is 4.89. The Balaban J connectivity index is 1.65. The van der Waals surface area contributed by atoms with Gasteiger partial charge in [-0.05, 0) is 44.2 Å². The molecule has 2 aromatic carbocycles. The van der Waals surface area contributed by atoms with Gasteiger partial charge in [0.15, 0.2) is 6.61 Å². The summed E-state index contributed by atoms with van der Waals surface area (Å²) >= 11 is 0. The number of esters is 1. The van der Waals surface area contributed by atoms with Gasteiger partial charge in [0.2, 0.25) is 10.0 Å². The van der Waals surface area contributed by atoms with Gasteiger partial charge < -0.3 is 14.8 Å². The van der Waals surface area contributed by atoms with Crippen molar-refractivity contribution in [3.63, 3.8) is 0 Å². The number of ether oxygens (including phenoxy) is 2. The van der Waals surface area contributed by atoms with Gasteiger partial charge in [-0.1, -0.05) is 6.07 Å². The molecule has 2 unspecified atom stereocenters. The van der Waals surface area contributed by atoms with Gasteiger partial charge >= 0.3 is 5.97 Å². The van der Waals surface area contributed by atoms with E-state index in [9.17, 15) is 26.8 Å². The number of rotatable bonds is 6. The van der Waals surface area contributed by atoms with E-state index in [0.29, 0.717) is 6.07 Å². The summed E-state index contributed by atoms with van der Waals surface area (Å²) in [6.07, 6.45) is -0.544. The number of anilines is 1. The summed E-state index contributed by atoms with van der Waals surface area (Å²) in [5.41, 5.74) is -0.337. The minimum absolute atomic E-state index is 0.0683. The average Bonchev–Trinajstić information content (AvgIpc) is 2.73. The Labute approximate surface area is 184 Å². The first-order valence-electron chi connectivity index (χ1n) is 9.74. The molecule has 11 heteroatoms. The molecule has 2 aromatic rings. The van der Waals surface area contributed by atoms with Crippen molar-refractivity contribution in [3.8, 4) is 0 Å². The van der Waals surface area contributed by atoms with E-state index >= 15 is 0 Å². The lowest BCUT2D eigenvalue weighted by Crippen LogP contribution is -2.48. The van der Waals surface area contributed by atoms with Crippen LogP contribution in [0.5, 0.6) is 0 Å². The first-order valence-corrected chi connectivity index (χ1v) is 11.2. The number of amides is 1. The Morgan fingerprint density at radius 1 is 1.12 bits per heavy atom. The van der Waals surface area contributed by atoms with Gasteiger partial charge in [0.05, 0.1) is 28.4 Å². The van der Waals surface area contributed by atoms with Gasteiger partial charge in [-0.3, -0.25) is 4.79 Å². The fraction of sp³-hybridized carbons (Fsp3) is 0.333. The molecule has 1 heterocycles. The van der Waals surface area contributed by atoms with Crippen LogP contribution < -0.4 is 5.32 Å². The van der Waals surface area contributed by atoms with E-state index in [1.165, 1.54) is 28.6 Å². The predicted molar refractivity (Wildman–Crippen MR) is 110 cm³/mol. The van der Waals surface area contributed by atoms with Gasteiger partial charge in [-0.15, -0.1) is 0 Å². The number of hydrogen-bond donors (Lipinski definition) is 1. The zero-order valence-corrected chi connectivity index (χ0v) is 18.2. The van der Waals surface area contributed by atoms with Crippen molar-refractivity contribution >= 4 is 27.6 Å². The number of carbonyl (C=O) groups excluding carboxylic acids is 2. The maximum Gasteiger partial charge on any atom is 0.338 e. The topological polar surface area (TPSA) is 102 Å². The third kappa shape index (κ3) is 5.67. The Morgan fingerprint density at radius 3 is 2.47 bits per heavy atom. The van der Waals surface area contributed by atoms with Crippen LogP contribution in [0.1, 0.15) is 24.2 Å². The second-order valence-corrected chi connectivity index (χ2v) is 9.29. The number of nitrogens with one attached hydrogen (secondary N) is 1. The predicted octanol–water partition coefficient (Wildman–Crippen LogP) is 2.56. The highest BCUT2D eigenvalue weighted by atomic mass is 32.2. The van der Waals surface area contributed by atoms with Crippen molar-refractivity contribution in [2.75, 3.05) is 25.0 Å². The van der Waals surface area contributed by atoms with E-state index in [4.69, 9.17) is 9.47 Å². The van der Waals surface area contributed by atoms with Crippen molar-refractivity contribution < 1.29 is 36.3 Å². The van der Waals surface area contributed by atoms with E-state index in [2.05, 4.69) is 5.32 Å². The summed E-state index contributed by atoms with van der Waals surface area (Å²) in [6, 6.07) is 7.87. The molecule has 1 fully saturated rings. The second kappa shape index (κ2) is 9.72. The van der Waals surface area contributed by atoms with Gasteiger partial charge in [-0.2, -0.15) is 4.31 Å². The van der Waals surface area contributed by atoms with E-state index in [0.717, 1.165) is 12.1 Å². The Hall–Kier alpha value is -2.89. The molecule has 1 N–H and O–H groups in total. The second-order valence-electron chi connectivity index (χ2n) is 7.36. The number of morpholine rings is 1. The molecule has 0 saturated carbocycles. The summed E-state index contributed by atoms with van der Waals surface area (Å²) in [7, 11) is -3.87. The van der Waals surface area contributed by atoms with Crippen LogP contribution in [0.3, 0.4) is 0 Å². The number of carbonyl (C=O) groups is 2. The van der Waals surface area contributed by atoms with Crippen LogP contribution in [0.2, 0.25) is 0 Å². The zero-order valence-electron chi connectivity index (χ0n) is 17.4. The smallest absolute Gasteiger partial charge is 0.338 e.